The van der Waals surface area contributed by atoms with Gasteiger partial charge in [0.2, 0.25) is 0 Å². The molecule has 0 spiro atoms. The summed E-state index contributed by atoms with van der Waals surface area (Å²) in [5, 5.41) is 0.673. The van der Waals surface area contributed by atoms with Gasteiger partial charge in [-0.05, 0) is 30.3 Å². The highest BCUT2D eigenvalue weighted by Crippen LogP contribution is 2.14. The number of aldehydes is 1. The molecule has 0 fully saturated rings. The van der Waals surface area contributed by atoms with Crippen LogP contribution in [0.25, 0.3) is 0 Å². The van der Waals surface area contributed by atoms with Gasteiger partial charge in [-0.2, -0.15) is 0 Å². The van der Waals surface area contributed by atoms with Gasteiger partial charge in [-0.15, -0.1) is 11.3 Å². The summed E-state index contributed by atoms with van der Waals surface area (Å²) in [4.78, 5) is 12.1. The highest BCUT2D eigenvalue weighted by atomic mass is 35.5. The van der Waals surface area contributed by atoms with Crippen molar-refractivity contribution in [3.8, 4) is 11.8 Å². The SMILES string of the molecule is O=Cc1ccc(C#Cc2cccc(Cl)c2)s1. The van der Waals surface area contributed by atoms with Crippen LogP contribution in [0.5, 0.6) is 0 Å². The van der Waals surface area contributed by atoms with Gasteiger partial charge in [0.05, 0.1) is 9.75 Å². The topological polar surface area (TPSA) is 17.1 Å². The van der Waals surface area contributed by atoms with E-state index in [1.54, 1.807) is 6.07 Å². The molecule has 0 unspecified atom stereocenters. The average Bonchev–Trinajstić information content (AvgIpc) is 2.74. The maximum atomic E-state index is 10.5. The molecule has 0 aliphatic heterocycles. The van der Waals surface area contributed by atoms with Gasteiger partial charge in [-0.3, -0.25) is 4.79 Å². The summed E-state index contributed by atoms with van der Waals surface area (Å²) < 4.78 is 0. The van der Waals surface area contributed by atoms with Gasteiger partial charge in [0.1, 0.15) is 0 Å². The zero-order chi connectivity index (χ0) is 11.4. The molecule has 0 bridgehead atoms. The summed E-state index contributed by atoms with van der Waals surface area (Å²) in [5.74, 6) is 5.99. The first kappa shape index (κ1) is 10.9. The van der Waals surface area contributed by atoms with Crippen LogP contribution in [0.4, 0.5) is 0 Å². The molecule has 1 aromatic heterocycles. The molecule has 3 heteroatoms. The molecule has 2 aromatic rings. The minimum absolute atomic E-state index is 0.673. The van der Waals surface area contributed by atoms with E-state index in [-0.39, 0.29) is 0 Å². The molecule has 0 aliphatic rings. The van der Waals surface area contributed by atoms with Crippen LogP contribution in [0.1, 0.15) is 20.1 Å². The number of rotatable bonds is 1. The lowest BCUT2D eigenvalue weighted by atomic mass is 10.2. The Morgan fingerprint density at radius 1 is 1.19 bits per heavy atom. The van der Waals surface area contributed by atoms with E-state index in [9.17, 15) is 4.79 Å². The summed E-state index contributed by atoms with van der Waals surface area (Å²) in [6.07, 6.45) is 0.829. The van der Waals surface area contributed by atoms with Crippen LogP contribution in [0.3, 0.4) is 0 Å². The summed E-state index contributed by atoms with van der Waals surface area (Å²) >= 11 is 7.22. The molecule has 0 radical (unpaired) electrons. The van der Waals surface area contributed by atoms with E-state index in [1.807, 2.05) is 30.3 Å². The largest absolute Gasteiger partial charge is 0.297 e. The highest BCUT2D eigenvalue weighted by molar-refractivity contribution is 7.14. The second-order valence-corrected chi connectivity index (χ2v) is 4.63. The number of carbonyl (C=O) groups is 1. The first-order chi connectivity index (χ1) is 7.78. The molecular formula is C13H7ClOS. The van der Waals surface area contributed by atoms with Crippen molar-refractivity contribution in [1.29, 1.82) is 0 Å². The number of benzene rings is 1. The molecule has 1 aromatic carbocycles. The van der Waals surface area contributed by atoms with Crippen LogP contribution in [0.15, 0.2) is 36.4 Å². The zero-order valence-electron chi connectivity index (χ0n) is 8.24. The average molecular weight is 247 g/mol. The molecular weight excluding hydrogens is 240 g/mol. The van der Waals surface area contributed by atoms with E-state index >= 15 is 0 Å². The molecule has 16 heavy (non-hydrogen) atoms. The van der Waals surface area contributed by atoms with E-state index in [1.165, 1.54) is 11.3 Å². The fourth-order valence-corrected chi connectivity index (χ4v) is 2.05. The molecule has 78 valence electrons. The van der Waals surface area contributed by atoms with Crippen molar-refractivity contribution in [2.45, 2.75) is 0 Å². The lowest BCUT2D eigenvalue weighted by molar-refractivity contribution is 0.112. The van der Waals surface area contributed by atoms with Gasteiger partial charge >= 0.3 is 0 Å². The van der Waals surface area contributed by atoms with Gasteiger partial charge < -0.3 is 0 Å². The Balaban J connectivity index is 2.24. The summed E-state index contributed by atoms with van der Waals surface area (Å²) in [5.41, 5.74) is 0.869. The standard InChI is InChI=1S/C13H7ClOS/c14-11-3-1-2-10(8-11)4-5-12-6-7-13(9-15)16-12/h1-3,6-9H. The van der Waals surface area contributed by atoms with E-state index < -0.39 is 0 Å². The van der Waals surface area contributed by atoms with Crippen LogP contribution < -0.4 is 0 Å². The lowest BCUT2D eigenvalue weighted by Gasteiger charge is -1.89. The van der Waals surface area contributed by atoms with E-state index in [0.717, 1.165) is 16.7 Å². The fourth-order valence-electron chi connectivity index (χ4n) is 1.18. The first-order valence-electron chi connectivity index (χ1n) is 4.60. The van der Waals surface area contributed by atoms with Crippen molar-refractivity contribution < 1.29 is 4.79 Å². The van der Waals surface area contributed by atoms with E-state index in [4.69, 9.17) is 11.6 Å². The van der Waals surface area contributed by atoms with Gasteiger partial charge in [0.15, 0.2) is 6.29 Å². The molecule has 0 aliphatic carbocycles. The van der Waals surface area contributed by atoms with Gasteiger partial charge in [-0.1, -0.05) is 29.5 Å². The van der Waals surface area contributed by atoms with Crippen molar-refractivity contribution in [2.24, 2.45) is 0 Å². The first-order valence-corrected chi connectivity index (χ1v) is 5.80. The van der Waals surface area contributed by atoms with Crippen LogP contribution >= 0.6 is 22.9 Å². The second kappa shape index (κ2) is 4.98. The highest BCUT2D eigenvalue weighted by Gasteiger charge is 1.94. The van der Waals surface area contributed by atoms with Crippen molar-refractivity contribution in [1.82, 2.24) is 0 Å². The van der Waals surface area contributed by atoms with E-state index in [2.05, 4.69) is 11.8 Å². The molecule has 1 nitrogen and oxygen atoms in total. The third-order valence-corrected chi connectivity index (χ3v) is 3.06. The molecule has 0 N–H and O–H groups in total. The van der Waals surface area contributed by atoms with Crippen molar-refractivity contribution in [2.75, 3.05) is 0 Å². The molecule has 0 saturated carbocycles. The Kier molecular flexibility index (Phi) is 3.40. The maximum absolute atomic E-state index is 10.5. The van der Waals surface area contributed by atoms with Gasteiger partial charge in [0, 0.05) is 10.6 Å². The zero-order valence-corrected chi connectivity index (χ0v) is 9.81. The maximum Gasteiger partial charge on any atom is 0.160 e. The Hall–Kier alpha value is -1.56. The Morgan fingerprint density at radius 3 is 2.75 bits per heavy atom. The third kappa shape index (κ3) is 2.73. The van der Waals surface area contributed by atoms with Crippen LogP contribution in [-0.4, -0.2) is 6.29 Å². The quantitative estimate of drug-likeness (QED) is 0.555. The smallest absolute Gasteiger partial charge is 0.160 e. The van der Waals surface area contributed by atoms with Crippen LogP contribution in [0, 0.1) is 11.8 Å². The number of halogens is 1. The Bertz CT molecular complexity index is 575. The molecule has 0 saturated heterocycles. The molecule has 0 atom stereocenters. The number of hydrogen-bond acceptors (Lipinski definition) is 2. The molecule has 0 amide bonds. The van der Waals surface area contributed by atoms with Crippen LogP contribution in [-0.2, 0) is 0 Å². The fraction of sp³-hybridized carbons (Fsp3) is 0. The molecule has 1 heterocycles. The summed E-state index contributed by atoms with van der Waals surface area (Å²) in [6, 6.07) is 11.0. The van der Waals surface area contributed by atoms with Crippen LogP contribution in [0.2, 0.25) is 5.02 Å². The van der Waals surface area contributed by atoms with Crippen molar-refractivity contribution >= 4 is 29.2 Å². The monoisotopic (exact) mass is 246 g/mol. The van der Waals surface area contributed by atoms with Gasteiger partial charge in [-0.25, -0.2) is 0 Å². The predicted molar refractivity (Wildman–Crippen MR) is 67.1 cm³/mol. The third-order valence-electron chi connectivity index (χ3n) is 1.90. The summed E-state index contributed by atoms with van der Waals surface area (Å²) in [7, 11) is 0. The van der Waals surface area contributed by atoms with Crippen molar-refractivity contribution in [3.05, 3.63) is 56.7 Å². The number of thiophene rings is 1. The minimum atomic E-state index is 0.673. The van der Waals surface area contributed by atoms with Crippen molar-refractivity contribution in [3.63, 3.8) is 0 Å². The van der Waals surface area contributed by atoms with E-state index in [0.29, 0.717) is 9.90 Å². The second-order valence-electron chi connectivity index (χ2n) is 3.08. The molecule has 2 rings (SSSR count). The normalized spacial score (nSPS) is 9.31. The lowest BCUT2D eigenvalue weighted by Crippen LogP contribution is -1.72. The Morgan fingerprint density at radius 2 is 2.06 bits per heavy atom. The predicted octanol–water partition coefficient (Wildman–Crippen LogP) is 3.61. The number of hydrogen-bond donors (Lipinski definition) is 0. The van der Waals surface area contributed by atoms with Gasteiger partial charge in [0.25, 0.3) is 0 Å². The summed E-state index contributed by atoms with van der Waals surface area (Å²) in [6.45, 7) is 0. The number of carbonyl (C=O) groups excluding carboxylic acids is 1. The Labute approximate surface area is 103 Å². The minimum Gasteiger partial charge on any atom is -0.297 e.